The highest BCUT2D eigenvalue weighted by molar-refractivity contribution is 5.96. The second-order valence-electron chi connectivity index (χ2n) is 4.50. The maximum Gasteiger partial charge on any atom is 0.417 e. The van der Waals surface area contributed by atoms with Crippen LogP contribution >= 0.6 is 0 Å². The van der Waals surface area contributed by atoms with E-state index in [1.807, 2.05) is 12.2 Å². The Morgan fingerprint density at radius 1 is 1.21 bits per heavy atom. The first-order chi connectivity index (χ1) is 8.98. The van der Waals surface area contributed by atoms with Gasteiger partial charge in [-0.15, -0.1) is 0 Å². The van der Waals surface area contributed by atoms with Crippen LogP contribution in [0.2, 0.25) is 0 Å². The molecule has 0 fully saturated rings. The van der Waals surface area contributed by atoms with E-state index in [0.29, 0.717) is 6.42 Å². The zero-order valence-corrected chi connectivity index (χ0v) is 10.2. The van der Waals surface area contributed by atoms with Crippen molar-refractivity contribution in [1.82, 2.24) is 5.32 Å². The van der Waals surface area contributed by atoms with Crippen LogP contribution in [0.25, 0.3) is 0 Å². The first kappa shape index (κ1) is 13.6. The number of allylic oxidation sites excluding steroid dienone is 1. The first-order valence-electron chi connectivity index (χ1n) is 6.10. The number of carbonyl (C=O) groups excluding carboxylic acids is 1. The van der Waals surface area contributed by atoms with Crippen LogP contribution in [0.3, 0.4) is 0 Å². The van der Waals surface area contributed by atoms with Crippen LogP contribution in [-0.4, -0.2) is 11.9 Å². The molecule has 0 saturated carbocycles. The molecular formula is C14H14F3NO. The molecule has 1 atom stereocenters. The van der Waals surface area contributed by atoms with Gasteiger partial charge in [0.25, 0.3) is 5.91 Å². The molecule has 0 unspecified atom stereocenters. The van der Waals surface area contributed by atoms with E-state index in [-0.39, 0.29) is 11.6 Å². The Hall–Kier alpha value is -1.78. The zero-order valence-electron chi connectivity index (χ0n) is 10.2. The van der Waals surface area contributed by atoms with Gasteiger partial charge in [0.05, 0.1) is 11.1 Å². The van der Waals surface area contributed by atoms with Crippen LogP contribution in [0.15, 0.2) is 36.4 Å². The Morgan fingerprint density at radius 3 is 2.58 bits per heavy atom. The van der Waals surface area contributed by atoms with E-state index in [1.165, 1.54) is 18.2 Å². The quantitative estimate of drug-likeness (QED) is 0.817. The van der Waals surface area contributed by atoms with Crippen LogP contribution in [0, 0.1) is 0 Å². The van der Waals surface area contributed by atoms with Crippen molar-refractivity contribution in [2.24, 2.45) is 0 Å². The second kappa shape index (κ2) is 5.47. The minimum absolute atomic E-state index is 0.0845. The molecule has 1 amide bonds. The lowest BCUT2D eigenvalue weighted by Crippen LogP contribution is -2.36. The van der Waals surface area contributed by atoms with Gasteiger partial charge >= 0.3 is 6.18 Å². The van der Waals surface area contributed by atoms with E-state index in [2.05, 4.69) is 5.32 Å². The molecule has 1 aromatic carbocycles. The van der Waals surface area contributed by atoms with Gasteiger partial charge in [-0.1, -0.05) is 24.3 Å². The van der Waals surface area contributed by atoms with Gasteiger partial charge in [-0.25, -0.2) is 0 Å². The van der Waals surface area contributed by atoms with Crippen molar-refractivity contribution in [2.75, 3.05) is 0 Å². The van der Waals surface area contributed by atoms with E-state index < -0.39 is 17.6 Å². The number of rotatable bonds is 2. The third-order valence-corrected chi connectivity index (χ3v) is 3.08. The smallest absolute Gasteiger partial charge is 0.349 e. The van der Waals surface area contributed by atoms with Crippen LogP contribution < -0.4 is 5.32 Å². The molecule has 0 spiro atoms. The molecule has 0 heterocycles. The molecule has 0 aromatic heterocycles. The minimum Gasteiger partial charge on any atom is -0.349 e. The summed E-state index contributed by atoms with van der Waals surface area (Å²) in [5, 5.41) is 2.66. The summed E-state index contributed by atoms with van der Waals surface area (Å²) < 4.78 is 38.4. The third-order valence-electron chi connectivity index (χ3n) is 3.08. The Labute approximate surface area is 109 Å². The van der Waals surface area contributed by atoms with Crippen LogP contribution in [0.1, 0.15) is 35.2 Å². The van der Waals surface area contributed by atoms with Gasteiger partial charge < -0.3 is 5.32 Å². The molecule has 1 N–H and O–H groups in total. The molecule has 102 valence electrons. The standard InChI is InChI=1S/C14H14F3NO/c15-14(16,17)12-9-5-4-8-11(12)13(19)18-10-6-2-1-3-7-10/h1-2,4-5,8-10H,3,6-7H2,(H,18,19)/t10-/m1/s1. The molecule has 19 heavy (non-hydrogen) atoms. The third kappa shape index (κ3) is 3.36. The maximum absolute atomic E-state index is 12.8. The number of nitrogens with one attached hydrogen (secondary N) is 1. The number of hydrogen-bond donors (Lipinski definition) is 1. The number of alkyl halides is 3. The molecule has 1 aromatic rings. The maximum atomic E-state index is 12.8. The van der Waals surface area contributed by atoms with E-state index in [1.54, 1.807) is 0 Å². The summed E-state index contributed by atoms with van der Waals surface area (Å²) in [6, 6.07) is 4.76. The molecular weight excluding hydrogens is 255 g/mol. The minimum atomic E-state index is -4.51. The van der Waals surface area contributed by atoms with E-state index >= 15 is 0 Å². The molecule has 5 heteroatoms. The lowest BCUT2D eigenvalue weighted by atomic mass is 10.0. The van der Waals surface area contributed by atoms with Crippen molar-refractivity contribution < 1.29 is 18.0 Å². The predicted molar refractivity (Wildman–Crippen MR) is 65.7 cm³/mol. The number of benzene rings is 1. The number of hydrogen-bond acceptors (Lipinski definition) is 1. The van der Waals surface area contributed by atoms with Crippen molar-refractivity contribution in [1.29, 1.82) is 0 Å². The van der Waals surface area contributed by atoms with Crippen molar-refractivity contribution in [3.05, 3.63) is 47.5 Å². The topological polar surface area (TPSA) is 29.1 Å². The van der Waals surface area contributed by atoms with Crippen molar-refractivity contribution >= 4 is 5.91 Å². The summed E-state index contributed by atoms with van der Waals surface area (Å²) in [6.45, 7) is 0. The monoisotopic (exact) mass is 269 g/mol. The fraction of sp³-hybridized carbons (Fsp3) is 0.357. The predicted octanol–water partition coefficient (Wildman–Crippen LogP) is 3.54. The Balaban J connectivity index is 2.17. The highest BCUT2D eigenvalue weighted by atomic mass is 19.4. The molecule has 1 aliphatic rings. The number of halogens is 3. The summed E-state index contributed by atoms with van der Waals surface area (Å²) in [4.78, 5) is 11.9. The fourth-order valence-electron chi connectivity index (χ4n) is 2.12. The van der Waals surface area contributed by atoms with Crippen molar-refractivity contribution in [3.8, 4) is 0 Å². The van der Waals surface area contributed by atoms with Crippen LogP contribution in [0.5, 0.6) is 0 Å². The SMILES string of the molecule is O=C(N[C@@H]1CC=CCC1)c1ccccc1C(F)(F)F. The normalized spacial score (nSPS) is 19.2. The molecule has 0 bridgehead atoms. The largest absolute Gasteiger partial charge is 0.417 e. The van der Waals surface area contributed by atoms with Gasteiger partial charge in [-0.05, 0) is 31.4 Å². The Kier molecular flexibility index (Phi) is 3.93. The van der Waals surface area contributed by atoms with Gasteiger partial charge in [-0.3, -0.25) is 4.79 Å². The van der Waals surface area contributed by atoms with Gasteiger partial charge in [0.1, 0.15) is 0 Å². The van der Waals surface area contributed by atoms with Crippen molar-refractivity contribution in [3.63, 3.8) is 0 Å². The van der Waals surface area contributed by atoms with E-state index in [0.717, 1.165) is 18.9 Å². The summed E-state index contributed by atoms with van der Waals surface area (Å²) >= 11 is 0. The number of carbonyl (C=O) groups is 1. The van der Waals surface area contributed by atoms with Crippen molar-refractivity contribution in [2.45, 2.75) is 31.5 Å². The molecule has 2 rings (SSSR count). The zero-order chi connectivity index (χ0) is 13.9. The second-order valence-corrected chi connectivity index (χ2v) is 4.50. The lowest BCUT2D eigenvalue weighted by molar-refractivity contribution is -0.137. The molecule has 2 nitrogen and oxygen atoms in total. The van der Waals surface area contributed by atoms with E-state index in [4.69, 9.17) is 0 Å². The molecule has 1 aliphatic carbocycles. The lowest BCUT2D eigenvalue weighted by Gasteiger charge is -2.20. The highest BCUT2D eigenvalue weighted by Gasteiger charge is 2.35. The summed E-state index contributed by atoms with van der Waals surface area (Å²) in [5.74, 6) is -0.659. The van der Waals surface area contributed by atoms with E-state index in [9.17, 15) is 18.0 Å². The van der Waals surface area contributed by atoms with Crippen LogP contribution in [-0.2, 0) is 6.18 Å². The summed E-state index contributed by atoms with van der Waals surface area (Å²) in [5.41, 5.74) is -1.21. The Morgan fingerprint density at radius 2 is 1.95 bits per heavy atom. The van der Waals surface area contributed by atoms with Crippen LogP contribution in [0.4, 0.5) is 13.2 Å². The van der Waals surface area contributed by atoms with Gasteiger partial charge in [-0.2, -0.15) is 13.2 Å². The van der Waals surface area contributed by atoms with Gasteiger partial charge in [0, 0.05) is 6.04 Å². The average molecular weight is 269 g/mol. The molecule has 0 radical (unpaired) electrons. The molecule has 0 saturated heterocycles. The van der Waals surface area contributed by atoms with Gasteiger partial charge in [0.2, 0.25) is 0 Å². The molecule has 0 aliphatic heterocycles. The highest BCUT2D eigenvalue weighted by Crippen LogP contribution is 2.31. The van der Waals surface area contributed by atoms with Gasteiger partial charge in [0.15, 0.2) is 0 Å². The fourth-order valence-corrected chi connectivity index (χ4v) is 2.12. The first-order valence-corrected chi connectivity index (χ1v) is 6.10. The number of amides is 1. The Bertz CT molecular complexity index is 494. The summed E-state index contributed by atoms with van der Waals surface area (Å²) in [7, 11) is 0. The summed E-state index contributed by atoms with van der Waals surface area (Å²) in [6.07, 6.45) is 1.69. The average Bonchev–Trinajstić information content (AvgIpc) is 2.39.